The van der Waals surface area contributed by atoms with Crippen LogP contribution in [0.2, 0.25) is 0 Å². The number of likely N-dealkylation sites (tertiary alicyclic amines) is 1. The van der Waals surface area contributed by atoms with Crippen molar-refractivity contribution in [3.05, 3.63) is 59.7 Å². The van der Waals surface area contributed by atoms with E-state index in [1.807, 2.05) is 24.3 Å². The lowest BCUT2D eigenvalue weighted by Crippen LogP contribution is -2.53. The van der Waals surface area contributed by atoms with E-state index in [-0.39, 0.29) is 43.0 Å². The summed E-state index contributed by atoms with van der Waals surface area (Å²) >= 11 is 0. The van der Waals surface area contributed by atoms with Crippen molar-refractivity contribution in [1.29, 1.82) is 0 Å². The number of benzene rings is 2. The molecule has 5 amide bonds. The van der Waals surface area contributed by atoms with Gasteiger partial charge in [-0.2, -0.15) is 0 Å². The van der Waals surface area contributed by atoms with Crippen LogP contribution in [0.15, 0.2) is 58.5 Å². The Bertz CT molecular complexity index is 1570. The Morgan fingerprint density at radius 1 is 0.630 bits per heavy atom. The summed E-state index contributed by atoms with van der Waals surface area (Å²) in [5.74, 6) is -0.357. The van der Waals surface area contributed by atoms with Gasteiger partial charge >= 0.3 is 18.2 Å². The van der Waals surface area contributed by atoms with E-state index in [0.29, 0.717) is 76.6 Å². The van der Waals surface area contributed by atoms with Crippen LogP contribution in [0.1, 0.15) is 24.0 Å². The number of nitrogens with one attached hydrogen (secondary N) is 2. The number of amides is 5. The Hall–Kier alpha value is -5.82. The van der Waals surface area contributed by atoms with Gasteiger partial charge in [-0.3, -0.25) is 4.79 Å². The maximum Gasteiger partial charge on any atom is 0.410 e. The van der Waals surface area contributed by atoms with Gasteiger partial charge in [-0.15, -0.1) is 0 Å². The van der Waals surface area contributed by atoms with Crippen LogP contribution in [-0.4, -0.2) is 128 Å². The number of piperazine rings is 1. The number of nitrogens with two attached hydrogens (primary N) is 4. The first-order chi connectivity index (χ1) is 26.0. The third kappa shape index (κ3) is 9.78. The molecule has 4 saturated heterocycles. The molecule has 2 unspecified atom stereocenters. The predicted molar refractivity (Wildman–Crippen MR) is 195 cm³/mol. The SMILES string of the molecule is NC(N)=Nc1ccc(CNC(=O)C2CCN(C(=O)O[C@@H]3COC4C3OC[C@H]4OC(=O)N3CCN(C(=O)NCc4ccc(N=C(N)N)cc4)CC3)CC2)cc1. The highest BCUT2D eigenvalue weighted by atomic mass is 16.7. The molecular weight excluding hydrogens is 702 g/mol. The summed E-state index contributed by atoms with van der Waals surface area (Å²) < 4.78 is 23.3. The number of carbonyl (C=O) groups excluding carboxylic acids is 4. The lowest BCUT2D eigenvalue weighted by Gasteiger charge is -2.34. The van der Waals surface area contributed by atoms with Gasteiger partial charge in [0.15, 0.2) is 24.1 Å². The molecule has 19 nitrogen and oxygen atoms in total. The molecule has 2 aromatic rings. The van der Waals surface area contributed by atoms with E-state index >= 15 is 0 Å². The van der Waals surface area contributed by atoms with Crippen LogP contribution in [0.3, 0.4) is 0 Å². The first-order valence-corrected chi connectivity index (χ1v) is 17.8. The van der Waals surface area contributed by atoms with Gasteiger partial charge in [0.2, 0.25) is 5.91 Å². The molecule has 0 spiro atoms. The van der Waals surface area contributed by atoms with Crippen LogP contribution in [0.4, 0.5) is 25.8 Å². The summed E-state index contributed by atoms with van der Waals surface area (Å²) in [6.45, 7) is 2.92. The predicted octanol–water partition coefficient (Wildman–Crippen LogP) is 0.160. The van der Waals surface area contributed by atoms with Crippen LogP contribution >= 0.6 is 0 Å². The highest BCUT2D eigenvalue weighted by molar-refractivity contribution is 5.80. The summed E-state index contributed by atoms with van der Waals surface area (Å²) in [5.41, 5.74) is 24.6. The van der Waals surface area contributed by atoms with Crippen molar-refractivity contribution in [3.63, 3.8) is 0 Å². The van der Waals surface area contributed by atoms with Crippen LogP contribution in [0.25, 0.3) is 0 Å². The minimum Gasteiger partial charge on any atom is -0.441 e. The summed E-state index contributed by atoms with van der Waals surface area (Å²) in [7, 11) is 0. The molecule has 0 aromatic heterocycles. The van der Waals surface area contributed by atoms with Gasteiger partial charge in [-0.1, -0.05) is 24.3 Å². The standard InChI is InChI=1S/C35H47N11O8/c36-31(37)42-24-5-1-21(2-6-24)17-40-30(47)23-9-11-45(12-10-23)34(49)53-26-19-51-29-27(20-52-28(26)29)54-35(50)46-15-13-44(14-16-46)33(48)41-18-22-3-7-25(8-4-22)43-32(38)39/h1-8,23,26-29H,9-20H2,(H,40,47)(H,41,48)(H4,36,37,42)(H4,38,39,43)/t26-,27-,28?,29?/m1/s1. The van der Waals surface area contributed by atoms with E-state index in [2.05, 4.69) is 20.6 Å². The minimum absolute atomic E-state index is 0.0262. The van der Waals surface area contributed by atoms with Gasteiger partial charge in [0.25, 0.3) is 0 Å². The summed E-state index contributed by atoms with van der Waals surface area (Å²) in [5, 5.41) is 5.85. The molecule has 6 rings (SSSR count). The fourth-order valence-electron chi connectivity index (χ4n) is 6.75. The van der Waals surface area contributed by atoms with Crippen LogP contribution < -0.4 is 33.6 Å². The molecule has 10 N–H and O–H groups in total. The second-order valence-electron chi connectivity index (χ2n) is 13.5. The average Bonchev–Trinajstić information content (AvgIpc) is 3.76. The fraction of sp³-hybridized carbons (Fsp3) is 0.486. The number of guanidine groups is 2. The maximum absolute atomic E-state index is 13.1. The first kappa shape index (κ1) is 37.9. The Morgan fingerprint density at radius 3 is 1.52 bits per heavy atom. The van der Waals surface area contributed by atoms with Gasteiger partial charge in [0.1, 0.15) is 12.2 Å². The number of carbonyl (C=O) groups is 4. The number of aliphatic imine (C=N–C) groups is 2. The van der Waals surface area contributed by atoms with Gasteiger partial charge in [0.05, 0.1) is 24.6 Å². The molecule has 2 aromatic carbocycles. The van der Waals surface area contributed by atoms with E-state index in [9.17, 15) is 19.2 Å². The zero-order valence-electron chi connectivity index (χ0n) is 29.8. The maximum atomic E-state index is 13.1. The summed E-state index contributed by atoms with van der Waals surface area (Å²) in [4.78, 5) is 64.4. The quantitative estimate of drug-likeness (QED) is 0.148. The number of piperidine rings is 1. The third-order valence-electron chi connectivity index (χ3n) is 9.72. The number of rotatable bonds is 9. The number of nitrogens with zero attached hydrogens (tertiary/aromatic N) is 5. The zero-order chi connectivity index (χ0) is 38.2. The normalized spacial score (nSPS) is 22.5. The largest absolute Gasteiger partial charge is 0.441 e. The molecule has 290 valence electrons. The van der Waals surface area contributed by atoms with Crippen molar-refractivity contribution < 1.29 is 38.1 Å². The Labute approximate surface area is 311 Å². The van der Waals surface area contributed by atoms with Gasteiger partial charge in [0, 0.05) is 58.3 Å². The summed E-state index contributed by atoms with van der Waals surface area (Å²) in [6, 6.07) is 14.1. The molecule has 54 heavy (non-hydrogen) atoms. The molecule has 4 aliphatic rings. The smallest absolute Gasteiger partial charge is 0.410 e. The second kappa shape index (κ2) is 17.3. The second-order valence-corrected chi connectivity index (χ2v) is 13.5. The van der Waals surface area contributed by atoms with Crippen LogP contribution in [0.5, 0.6) is 0 Å². The van der Waals surface area contributed by atoms with Crippen molar-refractivity contribution in [3.8, 4) is 0 Å². The number of ether oxygens (including phenoxy) is 4. The van der Waals surface area contributed by atoms with Crippen molar-refractivity contribution in [1.82, 2.24) is 25.3 Å². The number of fused-ring (bicyclic) bond motifs is 1. The molecule has 0 aliphatic carbocycles. The lowest BCUT2D eigenvalue weighted by molar-refractivity contribution is -0.126. The number of hydrogen-bond acceptors (Lipinski definition) is 10. The fourth-order valence-corrected chi connectivity index (χ4v) is 6.75. The Kier molecular flexibility index (Phi) is 12.2. The van der Waals surface area contributed by atoms with E-state index in [4.69, 9.17) is 41.9 Å². The van der Waals surface area contributed by atoms with Crippen LogP contribution in [0, 0.1) is 5.92 Å². The van der Waals surface area contributed by atoms with Crippen molar-refractivity contribution >= 4 is 47.4 Å². The lowest BCUT2D eigenvalue weighted by atomic mass is 9.96. The Morgan fingerprint density at radius 2 is 1.06 bits per heavy atom. The van der Waals surface area contributed by atoms with E-state index < -0.39 is 36.6 Å². The molecule has 4 atom stereocenters. The molecule has 4 heterocycles. The van der Waals surface area contributed by atoms with Crippen molar-refractivity contribution in [2.45, 2.75) is 50.3 Å². The van der Waals surface area contributed by atoms with Crippen molar-refractivity contribution in [2.75, 3.05) is 52.5 Å². The Balaban J connectivity index is 0.869. The average molecular weight is 750 g/mol. The molecule has 4 fully saturated rings. The van der Waals surface area contributed by atoms with Crippen LogP contribution in [-0.2, 0) is 36.8 Å². The van der Waals surface area contributed by atoms with Gasteiger partial charge < -0.3 is 67.2 Å². The van der Waals surface area contributed by atoms with E-state index in [0.717, 1.165) is 11.1 Å². The monoisotopic (exact) mass is 749 g/mol. The molecule has 19 heteroatoms. The molecule has 0 saturated carbocycles. The van der Waals surface area contributed by atoms with Gasteiger partial charge in [-0.25, -0.2) is 24.4 Å². The number of urea groups is 1. The highest BCUT2D eigenvalue weighted by Gasteiger charge is 2.52. The first-order valence-electron chi connectivity index (χ1n) is 17.8. The van der Waals surface area contributed by atoms with Crippen molar-refractivity contribution in [2.24, 2.45) is 38.8 Å². The molecule has 4 aliphatic heterocycles. The molecule has 0 bridgehead atoms. The third-order valence-corrected chi connectivity index (χ3v) is 9.72. The van der Waals surface area contributed by atoms with E-state index in [1.165, 1.54) is 0 Å². The summed E-state index contributed by atoms with van der Waals surface area (Å²) in [6.07, 6.45) is -2.51. The van der Waals surface area contributed by atoms with Gasteiger partial charge in [-0.05, 0) is 48.2 Å². The van der Waals surface area contributed by atoms with E-state index in [1.54, 1.807) is 39.0 Å². The molecule has 0 radical (unpaired) electrons. The zero-order valence-corrected chi connectivity index (χ0v) is 29.8. The minimum atomic E-state index is -0.670. The molecular formula is C35H47N11O8. The topological polar surface area (TPSA) is 268 Å². The highest BCUT2D eigenvalue weighted by Crippen LogP contribution is 2.32. The number of hydrogen-bond donors (Lipinski definition) is 6.